The third-order valence-electron chi connectivity index (χ3n) is 4.46. The van der Waals surface area contributed by atoms with Crippen molar-refractivity contribution >= 4 is 16.8 Å². The van der Waals surface area contributed by atoms with Crippen molar-refractivity contribution in [1.29, 1.82) is 0 Å². The van der Waals surface area contributed by atoms with E-state index in [1.54, 1.807) is 0 Å². The molecule has 1 aromatic heterocycles. The molecule has 1 unspecified atom stereocenters. The number of phenols is 2. The number of hydrogen-bond acceptors (Lipinski definition) is 9. The summed E-state index contributed by atoms with van der Waals surface area (Å²) in [6, 6.07) is 1.06. The lowest BCUT2D eigenvalue weighted by Gasteiger charge is -2.29. The predicted octanol–water partition coefficient (Wildman–Crippen LogP) is 1.30. The molecule has 0 saturated carbocycles. The van der Waals surface area contributed by atoms with Crippen LogP contribution in [0.4, 0.5) is 0 Å². The molecule has 9 nitrogen and oxygen atoms in total. The summed E-state index contributed by atoms with van der Waals surface area (Å²) in [7, 11) is 3.73. The first-order valence-corrected chi connectivity index (χ1v) is 7.94. The second kappa shape index (κ2) is 6.51. The molecule has 9 heteroatoms. The van der Waals surface area contributed by atoms with Crippen molar-refractivity contribution < 1.29 is 38.7 Å². The Bertz CT molecular complexity index is 1020. The second-order valence-electron chi connectivity index (χ2n) is 6.00. The van der Waals surface area contributed by atoms with Gasteiger partial charge in [0.15, 0.2) is 28.6 Å². The Kier molecular flexibility index (Phi) is 4.48. The summed E-state index contributed by atoms with van der Waals surface area (Å²) in [5.41, 5.74) is -3.09. The summed E-state index contributed by atoms with van der Waals surface area (Å²) in [6.07, 6.45) is 0.971. The SMILES string of the molecule is COC1=CC(O)(c2oc3c(O)c(OC)cc(O)c3c(=O)c2OC)CCC1=O. The van der Waals surface area contributed by atoms with Crippen LogP contribution in [0.25, 0.3) is 11.0 Å². The number of aliphatic hydroxyl groups is 1. The molecule has 1 heterocycles. The minimum atomic E-state index is -1.90. The van der Waals surface area contributed by atoms with Gasteiger partial charge >= 0.3 is 0 Å². The van der Waals surface area contributed by atoms with Crippen LogP contribution in [0.3, 0.4) is 0 Å². The number of rotatable bonds is 4. The number of allylic oxidation sites excluding steroid dienone is 1. The third-order valence-corrected chi connectivity index (χ3v) is 4.46. The van der Waals surface area contributed by atoms with Crippen LogP contribution >= 0.6 is 0 Å². The fourth-order valence-corrected chi connectivity index (χ4v) is 3.07. The highest BCUT2D eigenvalue weighted by atomic mass is 16.5. The zero-order valence-corrected chi connectivity index (χ0v) is 14.9. The fraction of sp³-hybridized carbons (Fsp3) is 0.333. The minimum Gasteiger partial charge on any atom is -0.507 e. The molecule has 0 radical (unpaired) electrons. The Labute approximate surface area is 153 Å². The number of carbonyl (C=O) groups excluding carboxylic acids is 1. The summed E-state index contributed by atoms with van der Waals surface area (Å²) < 4.78 is 20.6. The van der Waals surface area contributed by atoms with Gasteiger partial charge in [0.2, 0.25) is 16.9 Å². The number of hydrogen-bond donors (Lipinski definition) is 3. The normalized spacial score (nSPS) is 19.7. The zero-order chi connectivity index (χ0) is 19.9. The van der Waals surface area contributed by atoms with Gasteiger partial charge in [0, 0.05) is 18.6 Å². The Morgan fingerprint density at radius 1 is 1.11 bits per heavy atom. The van der Waals surface area contributed by atoms with Gasteiger partial charge in [-0.05, 0) is 6.42 Å². The lowest BCUT2D eigenvalue weighted by Crippen LogP contribution is -2.32. The van der Waals surface area contributed by atoms with Crippen molar-refractivity contribution in [2.45, 2.75) is 18.4 Å². The monoisotopic (exact) mass is 378 g/mol. The summed E-state index contributed by atoms with van der Waals surface area (Å²) >= 11 is 0. The highest BCUT2D eigenvalue weighted by Crippen LogP contribution is 2.44. The molecule has 0 spiro atoms. The number of aromatic hydroxyl groups is 2. The number of benzene rings is 1. The average Bonchev–Trinajstić information content (AvgIpc) is 2.65. The van der Waals surface area contributed by atoms with Gasteiger partial charge < -0.3 is 33.9 Å². The first-order chi connectivity index (χ1) is 12.8. The lowest BCUT2D eigenvalue weighted by atomic mass is 9.86. The van der Waals surface area contributed by atoms with Crippen LogP contribution in [-0.4, -0.2) is 42.4 Å². The van der Waals surface area contributed by atoms with Crippen LogP contribution < -0.4 is 14.9 Å². The van der Waals surface area contributed by atoms with Crippen molar-refractivity contribution in [2.24, 2.45) is 0 Å². The molecule has 2 aromatic rings. The summed E-state index contributed by atoms with van der Waals surface area (Å²) in [5.74, 6) is -2.25. The molecule has 0 bridgehead atoms. The van der Waals surface area contributed by atoms with Crippen molar-refractivity contribution in [1.82, 2.24) is 0 Å². The van der Waals surface area contributed by atoms with E-state index in [1.807, 2.05) is 0 Å². The number of Topliss-reactive ketones (excluding diaryl/α,β-unsaturated/α-hetero) is 1. The Morgan fingerprint density at radius 2 is 1.81 bits per heavy atom. The number of ketones is 1. The van der Waals surface area contributed by atoms with Crippen LogP contribution in [-0.2, 0) is 15.1 Å². The molecule has 0 aliphatic heterocycles. The molecule has 0 amide bonds. The maximum absolute atomic E-state index is 12.8. The summed E-state index contributed by atoms with van der Waals surface area (Å²) in [6.45, 7) is 0. The number of carbonyl (C=O) groups is 1. The molecule has 1 aromatic carbocycles. The average molecular weight is 378 g/mol. The quantitative estimate of drug-likeness (QED) is 0.673. The van der Waals surface area contributed by atoms with Crippen molar-refractivity contribution in [3.8, 4) is 23.0 Å². The van der Waals surface area contributed by atoms with Gasteiger partial charge in [-0.3, -0.25) is 9.59 Å². The van der Waals surface area contributed by atoms with Crippen molar-refractivity contribution in [2.75, 3.05) is 21.3 Å². The maximum Gasteiger partial charge on any atom is 0.238 e. The largest absolute Gasteiger partial charge is 0.507 e. The van der Waals surface area contributed by atoms with E-state index in [-0.39, 0.29) is 52.6 Å². The van der Waals surface area contributed by atoms with Crippen LogP contribution in [0, 0.1) is 0 Å². The summed E-state index contributed by atoms with van der Waals surface area (Å²) in [4.78, 5) is 24.7. The van der Waals surface area contributed by atoms with Gasteiger partial charge in [0.05, 0.1) is 21.3 Å². The Balaban J connectivity index is 2.40. The molecule has 1 aliphatic carbocycles. The number of fused-ring (bicyclic) bond motifs is 1. The third kappa shape index (κ3) is 2.76. The van der Waals surface area contributed by atoms with Gasteiger partial charge in [0.1, 0.15) is 16.7 Å². The smallest absolute Gasteiger partial charge is 0.238 e. The second-order valence-corrected chi connectivity index (χ2v) is 6.00. The first kappa shape index (κ1) is 18.6. The minimum absolute atomic E-state index is 0.0591. The van der Waals surface area contributed by atoms with Gasteiger partial charge in [-0.2, -0.15) is 0 Å². The van der Waals surface area contributed by atoms with Crippen LogP contribution in [0.15, 0.2) is 27.1 Å². The van der Waals surface area contributed by atoms with E-state index in [4.69, 9.17) is 18.6 Å². The molecule has 3 rings (SSSR count). The Hall–Kier alpha value is -3.20. The maximum atomic E-state index is 12.8. The molecule has 1 aliphatic rings. The molecular weight excluding hydrogens is 360 g/mol. The number of phenolic OH excluding ortho intramolecular Hbond substituents is 2. The first-order valence-electron chi connectivity index (χ1n) is 7.94. The van der Waals surface area contributed by atoms with E-state index < -0.39 is 22.5 Å². The molecule has 0 saturated heterocycles. The molecular formula is C18H18O9. The molecule has 0 fully saturated rings. The highest BCUT2D eigenvalue weighted by Gasteiger charge is 2.41. The van der Waals surface area contributed by atoms with E-state index in [0.29, 0.717) is 0 Å². The van der Waals surface area contributed by atoms with Gasteiger partial charge in [-0.1, -0.05) is 0 Å². The molecule has 144 valence electrons. The summed E-state index contributed by atoms with van der Waals surface area (Å²) in [5, 5.41) is 31.2. The Morgan fingerprint density at radius 3 is 2.41 bits per heavy atom. The lowest BCUT2D eigenvalue weighted by molar-refractivity contribution is -0.121. The van der Waals surface area contributed by atoms with E-state index in [1.165, 1.54) is 21.3 Å². The zero-order valence-electron chi connectivity index (χ0n) is 14.9. The van der Waals surface area contributed by atoms with Crippen LogP contribution in [0.1, 0.15) is 18.6 Å². The van der Waals surface area contributed by atoms with E-state index in [2.05, 4.69) is 0 Å². The van der Waals surface area contributed by atoms with Crippen LogP contribution in [0.5, 0.6) is 23.0 Å². The van der Waals surface area contributed by atoms with E-state index >= 15 is 0 Å². The van der Waals surface area contributed by atoms with E-state index in [9.17, 15) is 24.9 Å². The number of ether oxygens (including phenoxy) is 3. The topological polar surface area (TPSA) is 136 Å². The highest BCUT2D eigenvalue weighted by molar-refractivity contribution is 5.95. The number of methoxy groups -OCH3 is 3. The fourth-order valence-electron chi connectivity index (χ4n) is 3.07. The van der Waals surface area contributed by atoms with Gasteiger partial charge in [0.25, 0.3) is 0 Å². The molecule has 1 atom stereocenters. The standard InChI is InChI=1S/C18H18O9/c1-24-10-6-9(20)12-14(22)16(26-3)17(27-15(12)13(10)21)18(23)5-4-8(19)11(7-18)25-2/h6-7,20-21,23H,4-5H2,1-3H3. The van der Waals surface area contributed by atoms with Crippen molar-refractivity contribution in [3.05, 3.63) is 33.9 Å². The van der Waals surface area contributed by atoms with Gasteiger partial charge in [-0.15, -0.1) is 0 Å². The van der Waals surface area contributed by atoms with E-state index in [0.717, 1.165) is 12.1 Å². The molecule has 27 heavy (non-hydrogen) atoms. The predicted molar refractivity (Wildman–Crippen MR) is 92.1 cm³/mol. The molecule has 3 N–H and O–H groups in total. The van der Waals surface area contributed by atoms with Gasteiger partial charge in [-0.25, -0.2) is 0 Å². The van der Waals surface area contributed by atoms with Crippen LogP contribution in [0.2, 0.25) is 0 Å². The van der Waals surface area contributed by atoms with Crippen molar-refractivity contribution in [3.63, 3.8) is 0 Å².